The first-order valence-corrected chi connectivity index (χ1v) is 12.3. The monoisotopic (exact) mass is 511 g/mol. The fraction of sp³-hybridized carbons (Fsp3) is 0.364. The number of nitrogens with two attached hydrogens (primary N) is 2. The van der Waals surface area contributed by atoms with Gasteiger partial charge in [0, 0.05) is 22.7 Å². The van der Waals surface area contributed by atoms with Gasteiger partial charge in [-0.25, -0.2) is 17.9 Å². The van der Waals surface area contributed by atoms with E-state index in [-0.39, 0.29) is 58.6 Å². The lowest BCUT2D eigenvalue weighted by atomic mass is 9.97. The maximum absolute atomic E-state index is 14.9. The maximum atomic E-state index is 14.9. The number of rotatable bonds is 7. The highest BCUT2D eigenvalue weighted by Crippen LogP contribution is 2.34. The van der Waals surface area contributed by atoms with Crippen LogP contribution in [0.5, 0.6) is 0 Å². The molecule has 35 heavy (non-hydrogen) atoms. The molecule has 1 saturated heterocycles. The van der Waals surface area contributed by atoms with Crippen LogP contribution in [-0.2, 0) is 15.8 Å². The van der Waals surface area contributed by atoms with Gasteiger partial charge in [0.2, 0.25) is 0 Å². The Hall–Kier alpha value is -3.50. The quantitative estimate of drug-likeness (QED) is 0.349. The lowest BCUT2D eigenvalue weighted by Crippen LogP contribution is -2.27. The molecule has 0 amide bonds. The minimum atomic E-state index is -3.84. The Morgan fingerprint density at radius 1 is 1.40 bits per heavy atom. The van der Waals surface area contributed by atoms with Crippen LogP contribution < -0.4 is 22.3 Å². The van der Waals surface area contributed by atoms with Crippen molar-refractivity contribution in [1.29, 1.82) is 0 Å². The Labute approximate surface area is 199 Å². The van der Waals surface area contributed by atoms with Crippen LogP contribution in [0.15, 0.2) is 28.7 Å². The van der Waals surface area contributed by atoms with Gasteiger partial charge in [-0.2, -0.15) is 13.9 Å². The highest BCUT2D eigenvalue weighted by molar-refractivity contribution is 7.91. The molecular formula is C22H24F3N5O4S. The molecule has 188 valence electrons. The molecule has 3 rings (SSSR count). The SMILES string of the molecule is C#C[C@@H](Nc1n[nH]c(=O)c(N)c1/C=C(\N)C1CCS(=O)(=O)CC1)c1cccc(C(F)(F)CO)c1F. The van der Waals surface area contributed by atoms with Crippen LogP contribution in [0.2, 0.25) is 0 Å². The van der Waals surface area contributed by atoms with E-state index in [0.717, 1.165) is 12.1 Å². The molecule has 1 aliphatic rings. The van der Waals surface area contributed by atoms with Crippen LogP contribution in [-0.4, -0.2) is 41.8 Å². The second kappa shape index (κ2) is 10.0. The van der Waals surface area contributed by atoms with Crippen LogP contribution in [0.4, 0.5) is 24.7 Å². The van der Waals surface area contributed by atoms with E-state index in [2.05, 4.69) is 21.4 Å². The summed E-state index contributed by atoms with van der Waals surface area (Å²) in [4.78, 5) is 12.1. The summed E-state index contributed by atoms with van der Waals surface area (Å²) in [6.45, 7) is -1.60. The summed E-state index contributed by atoms with van der Waals surface area (Å²) in [5.74, 6) is -3.37. The van der Waals surface area contributed by atoms with E-state index < -0.39 is 45.3 Å². The third-order valence-electron chi connectivity index (χ3n) is 5.78. The number of nitrogens with one attached hydrogen (secondary N) is 2. The number of nitrogens with zero attached hydrogens (tertiary/aromatic N) is 1. The van der Waals surface area contributed by atoms with Gasteiger partial charge in [-0.05, 0) is 25.0 Å². The van der Waals surface area contributed by atoms with Crippen molar-refractivity contribution < 1.29 is 26.7 Å². The van der Waals surface area contributed by atoms with Crippen LogP contribution in [0.1, 0.15) is 35.6 Å². The Morgan fingerprint density at radius 3 is 2.66 bits per heavy atom. The van der Waals surface area contributed by atoms with Crippen molar-refractivity contribution in [1.82, 2.24) is 10.2 Å². The number of benzene rings is 1. The van der Waals surface area contributed by atoms with Gasteiger partial charge >= 0.3 is 0 Å². The predicted octanol–water partition coefficient (Wildman–Crippen LogP) is 1.49. The number of aliphatic hydroxyl groups excluding tert-OH is 1. The summed E-state index contributed by atoms with van der Waals surface area (Å²) in [7, 11) is -3.13. The summed E-state index contributed by atoms with van der Waals surface area (Å²) in [6.07, 6.45) is 7.47. The molecule has 0 spiro atoms. The first-order valence-electron chi connectivity index (χ1n) is 10.5. The van der Waals surface area contributed by atoms with Crippen molar-refractivity contribution in [3.8, 4) is 12.3 Å². The molecule has 0 aliphatic carbocycles. The Bertz CT molecular complexity index is 1340. The van der Waals surface area contributed by atoms with Crippen molar-refractivity contribution >= 4 is 27.4 Å². The average Bonchev–Trinajstić information content (AvgIpc) is 2.81. The Morgan fingerprint density at radius 2 is 2.06 bits per heavy atom. The second-order valence-corrected chi connectivity index (χ2v) is 10.4. The smallest absolute Gasteiger partial charge is 0.298 e. The zero-order chi connectivity index (χ0) is 26.0. The maximum Gasteiger partial charge on any atom is 0.298 e. The molecule has 1 aliphatic heterocycles. The van der Waals surface area contributed by atoms with Gasteiger partial charge in [-0.1, -0.05) is 18.1 Å². The van der Waals surface area contributed by atoms with Crippen LogP contribution >= 0.6 is 0 Å². The van der Waals surface area contributed by atoms with Crippen molar-refractivity contribution in [2.75, 3.05) is 29.2 Å². The number of terminal acetylenes is 1. The molecule has 2 heterocycles. The third kappa shape index (κ3) is 5.60. The molecule has 1 fully saturated rings. The Kier molecular flexibility index (Phi) is 7.47. The summed E-state index contributed by atoms with van der Waals surface area (Å²) in [6, 6.07) is 1.85. The summed E-state index contributed by atoms with van der Waals surface area (Å²) < 4.78 is 66.3. The number of allylic oxidation sites excluding steroid dienone is 1. The van der Waals surface area contributed by atoms with Crippen LogP contribution in [0.25, 0.3) is 6.08 Å². The van der Waals surface area contributed by atoms with E-state index in [1.54, 1.807) is 0 Å². The third-order valence-corrected chi connectivity index (χ3v) is 7.49. The molecule has 1 atom stereocenters. The molecular weight excluding hydrogens is 487 g/mol. The number of sulfone groups is 1. The van der Waals surface area contributed by atoms with Crippen molar-refractivity contribution in [2.24, 2.45) is 11.7 Å². The van der Waals surface area contributed by atoms with Gasteiger partial charge in [-0.15, -0.1) is 6.42 Å². The fourth-order valence-electron chi connectivity index (χ4n) is 3.73. The largest absolute Gasteiger partial charge is 0.402 e. The highest BCUT2D eigenvalue weighted by Gasteiger charge is 2.35. The van der Waals surface area contributed by atoms with E-state index in [1.807, 2.05) is 0 Å². The standard InChI is InChI=1S/C22H24F3N5O4S/c1-2-17(13-4-3-5-15(18(13)23)22(24,25)11-31)28-20-14(19(27)21(32)30-29-20)10-16(26)12-6-8-35(33,34)9-7-12/h1,3-5,10,12,17,31H,6-9,11,26H2,(H,30,32)(H3,27,28,29)/b16-10-/t17-/m1/s1. The fourth-order valence-corrected chi connectivity index (χ4v) is 5.22. The molecule has 0 radical (unpaired) electrons. The second-order valence-electron chi connectivity index (χ2n) is 8.11. The lowest BCUT2D eigenvalue weighted by Gasteiger charge is -2.23. The summed E-state index contributed by atoms with van der Waals surface area (Å²) in [5, 5.41) is 17.6. The molecule has 13 heteroatoms. The van der Waals surface area contributed by atoms with Crippen LogP contribution in [0, 0.1) is 24.1 Å². The Balaban J connectivity index is 2.00. The number of H-pyrrole nitrogens is 1. The predicted molar refractivity (Wildman–Crippen MR) is 125 cm³/mol. The molecule has 2 aromatic rings. The number of aliphatic hydroxyl groups is 1. The summed E-state index contributed by atoms with van der Waals surface area (Å²) in [5.41, 5.74) is 9.98. The van der Waals surface area contributed by atoms with Crippen molar-refractivity contribution in [3.63, 3.8) is 0 Å². The van der Waals surface area contributed by atoms with E-state index in [9.17, 15) is 26.4 Å². The molecule has 7 N–H and O–H groups in total. The van der Waals surface area contributed by atoms with Gasteiger partial charge in [0.25, 0.3) is 11.5 Å². The number of aromatic nitrogens is 2. The number of aromatic amines is 1. The summed E-state index contributed by atoms with van der Waals surface area (Å²) >= 11 is 0. The minimum Gasteiger partial charge on any atom is -0.402 e. The normalized spacial score (nSPS) is 17.5. The zero-order valence-corrected chi connectivity index (χ0v) is 19.2. The number of halogens is 3. The highest BCUT2D eigenvalue weighted by atomic mass is 32.2. The van der Waals surface area contributed by atoms with Crippen LogP contribution in [0.3, 0.4) is 0 Å². The zero-order valence-electron chi connectivity index (χ0n) is 18.4. The van der Waals surface area contributed by atoms with Crippen molar-refractivity contribution in [3.05, 3.63) is 56.8 Å². The number of nitrogen functional groups attached to an aromatic ring is 1. The van der Waals surface area contributed by atoms with E-state index in [1.165, 1.54) is 12.1 Å². The number of anilines is 2. The average molecular weight is 512 g/mol. The van der Waals surface area contributed by atoms with Gasteiger partial charge in [-0.3, -0.25) is 4.79 Å². The number of hydrogen-bond acceptors (Lipinski definition) is 8. The van der Waals surface area contributed by atoms with Gasteiger partial charge in [0.05, 0.1) is 17.1 Å². The van der Waals surface area contributed by atoms with Crippen molar-refractivity contribution in [2.45, 2.75) is 24.8 Å². The van der Waals surface area contributed by atoms with Gasteiger partial charge < -0.3 is 21.9 Å². The molecule has 0 bridgehead atoms. The topological polar surface area (TPSA) is 164 Å². The first-order chi connectivity index (χ1) is 16.4. The number of hydrogen-bond donors (Lipinski definition) is 5. The molecule has 9 nitrogen and oxygen atoms in total. The van der Waals surface area contributed by atoms with E-state index >= 15 is 0 Å². The molecule has 0 unspecified atom stereocenters. The molecule has 1 aromatic carbocycles. The lowest BCUT2D eigenvalue weighted by molar-refractivity contribution is -0.0583. The van der Waals surface area contributed by atoms with E-state index in [0.29, 0.717) is 0 Å². The first kappa shape index (κ1) is 26.1. The number of alkyl halides is 2. The van der Waals surface area contributed by atoms with Gasteiger partial charge in [0.1, 0.15) is 34.0 Å². The molecule has 1 aromatic heterocycles. The van der Waals surface area contributed by atoms with E-state index in [4.69, 9.17) is 23.0 Å². The van der Waals surface area contributed by atoms with Gasteiger partial charge in [0.15, 0.2) is 5.82 Å². The minimum absolute atomic E-state index is 0.0252. The molecule has 0 saturated carbocycles.